The molecule has 5 N–H and O–H groups in total. The number of fused-ring (bicyclic) bond motifs is 2. The molecule has 314 valence electrons. The van der Waals surface area contributed by atoms with Crippen LogP contribution in [0.4, 0.5) is 10.5 Å². The van der Waals surface area contributed by atoms with Crippen molar-refractivity contribution in [2.24, 2.45) is 11.8 Å². The van der Waals surface area contributed by atoms with Crippen molar-refractivity contribution < 1.29 is 39.2 Å². The SMILES string of the molecule is CC(C)(C)OC(=O)NCC(C(=O)Nc1ccc2cnccc2c1)c1ccc(COC(=O)CCCCCCC2[C@@H](CCC(O)c3cc4ccccc4s3)[C@H](O)C[C@@H]2O)cc1. The van der Waals surface area contributed by atoms with Crippen LogP contribution in [0.15, 0.2) is 91.3 Å². The summed E-state index contributed by atoms with van der Waals surface area (Å²) in [5.41, 5.74) is 1.37. The first-order valence-electron chi connectivity index (χ1n) is 20.7. The Balaban J connectivity index is 0.924. The van der Waals surface area contributed by atoms with Crippen LogP contribution in [0.2, 0.25) is 0 Å². The number of thiophene rings is 1. The number of amides is 2. The topological polar surface area (TPSA) is 167 Å². The third kappa shape index (κ3) is 12.6. The number of aromatic nitrogens is 1. The molecule has 0 aliphatic heterocycles. The van der Waals surface area contributed by atoms with Crippen LogP contribution in [0.25, 0.3) is 20.9 Å². The molecule has 2 amide bonds. The summed E-state index contributed by atoms with van der Waals surface area (Å²) >= 11 is 1.60. The molecule has 6 rings (SSSR count). The molecule has 1 aliphatic carbocycles. The molecular weight excluding hydrogens is 767 g/mol. The monoisotopic (exact) mass is 823 g/mol. The molecule has 2 aromatic heterocycles. The van der Waals surface area contributed by atoms with Gasteiger partial charge < -0.3 is 35.4 Å². The molecule has 0 saturated heterocycles. The van der Waals surface area contributed by atoms with Crippen molar-refractivity contribution in [3.05, 3.63) is 107 Å². The van der Waals surface area contributed by atoms with Crippen LogP contribution in [0.5, 0.6) is 0 Å². The number of aliphatic hydroxyl groups excluding tert-OH is 3. The average Bonchev–Trinajstić information content (AvgIpc) is 3.76. The lowest BCUT2D eigenvalue weighted by atomic mass is 9.84. The quantitative estimate of drug-likeness (QED) is 0.0428. The van der Waals surface area contributed by atoms with Gasteiger partial charge in [-0.25, -0.2) is 4.79 Å². The van der Waals surface area contributed by atoms with Gasteiger partial charge in [-0.15, -0.1) is 11.3 Å². The lowest BCUT2D eigenvalue weighted by Gasteiger charge is -2.24. The van der Waals surface area contributed by atoms with Crippen LogP contribution in [0.1, 0.15) is 107 Å². The van der Waals surface area contributed by atoms with Crippen molar-refractivity contribution in [2.45, 2.75) is 115 Å². The molecule has 2 heterocycles. The Morgan fingerprint density at radius 2 is 1.61 bits per heavy atom. The largest absolute Gasteiger partial charge is 0.461 e. The number of hydrogen-bond donors (Lipinski definition) is 5. The van der Waals surface area contributed by atoms with Crippen LogP contribution in [-0.4, -0.2) is 62.6 Å². The first kappa shape index (κ1) is 43.7. The first-order valence-corrected chi connectivity index (χ1v) is 21.5. The number of nitrogens with one attached hydrogen (secondary N) is 2. The summed E-state index contributed by atoms with van der Waals surface area (Å²) in [7, 11) is 0. The van der Waals surface area contributed by atoms with E-state index in [2.05, 4.69) is 21.7 Å². The Hall–Kier alpha value is -4.88. The minimum Gasteiger partial charge on any atom is -0.461 e. The zero-order valence-electron chi connectivity index (χ0n) is 34.1. The summed E-state index contributed by atoms with van der Waals surface area (Å²) in [5.74, 6) is -1.38. The highest BCUT2D eigenvalue weighted by Crippen LogP contribution is 2.41. The number of nitrogens with zero attached hydrogens (tertiary/aromatic N) is 1. The highest BCUT2D eigenvalue weighted by atomic mass is 32.1. The molecular formula is C47H57N3O8S. The van der Waals surface area contributed by atoms with Crippen LogP contribution >= 0.6 is 11.3 Å². The van der Waals surface area contributed by atoms with E-state index in [0.29, 0.717) is 43.4 Å². The lowest BCUT2D eigenvalue weighted by Crippen LogP contribution is -2.37. The van der Waals surface area contributed by atoms with E-state index in [0.717, 1.165) is 57.0 Å². The Morgan fingerprint density at radius 3 is 2.37 bits per heavy atom. The molecule has 59 heavy (non-hydrogen) atoms. The number of aliphatic hydroxyl groups is 3. The third-order valence-electron chi connectivity index (χ3n) is 11.1. The van der Waals surface area contributed by atoms with E-state index >= 15 is 0 Å². The van der Waals surface area contributed by atoms with Crippen molar-refractivity contribution in [1.29, 1.82) is 0 Å². The number of hydrogen-bond acceptors (Lipinski definition) is 10. The smallest absolute Gasteiger partial charge is 0.407 e. The zero-order chi connectivity index (χ0) is 41.9. The van der Waals surface area contributed by atoms with Gasteiger partial charge in [0.25, 0.3) is 0 Å². The Morgan fingerprint density at radius 1 is 0.864 bits per heavy atom. The lowest BCUT2D eigenvalue weighted by molar-refractivity contribution is -0.145. The second kappa shape index (κ2) is 20.4. The Labute approximate surface area is 350 Å². The van der Waals surface area contributed by atoms with Crippen molar-refractivity contribution in [3.8, 4) is 0 Å². The van der Waals surface area contributed by atoms with E-state index in [-0.39, 0.29) is 36.9 Å². The summed E-state index contributed by atoms with van der Waals surface area (Å²) in [5, 5.41) is 41.1. The van der Waals surface area contributed by atoms with Crippen LogP contribution < -0.4 is 10.6 Å². The summed E-state index contributed by atoms with van der Waals surface area (Å²) in [6.07, 6.45) is 7.09. The highest BCUT2D eigenvalue weighted by molar-refractivity contribution is 7.19. The second-order valence-corrected chi connectivity index (χ2v) is 17.8. The van der Waals surface area contributed by atoms with Gasteiger partial charge in [0.1, 0.15) is 12.2 Å². The maximum Gasteiger partial charge on any atom is 0.407 e. The summed E-state index contributed by atoms with van der Waals surface area (Å²) in [6.45, 7) is 5.42. The molecule has 12 heteroatoms. The molecule has 1 saturated carbocycles. The maximum atomic E-state index is 13.6. The number of rotatable bonds is 18. The minimum absolute atomic E-state index is 0.00831. The summed E-state index contributed by atoms with van der Waals surface area (Å²) in [6, 6.07) is 24.8. The van der Waals surface area contributed by atoms with E-state index < -0.39 is 35.9 Å². The second-order valence-electron chi connectivity index (χ2n) is 16.7. The number of unbranched alkanes of at least 4 members (excludes halogenated alkanes) is 3. The van der Waals surface area contributed by atoms with Crippen LogP contribution in [0, 0.1) is 11.8 Å². The van der Waals surface area contributed by atoms with Gasteiger partial charge in [0.2, 0.25) is 5.91 Å². The van der Waals surface area contributed by atoms with Gasteiger partial charge in [0.15, 0.2) is 0 Å². The fraction of sp³-hybridized carbons (Fsp3) is 0.447. The van der Waals surface area contributed by atoms with Gasteiger partial charge in [-0.3, -0.25) is 14.6 Å². The van der Waals surface area contributed by atoms with Crippen molar-refractivity contribution in [1.82, 2.24) is 10.3 Å². The first-order chi connectivity index (χ1) is 28.3. The van der Waals surface area contributed by atoms with Gasteiger partial charge in [0.05, 0.1) is 24.2 Å². The number of anilines is 1. The number of alkyl carbamates (subject to hydrolysis) is 1. The van der Waals surface area contributed by atoms with Gasteiger partial charge in [0, 0.05) is 46.0 Å². The number of carbonyl (C=O) groups is 3. The molecule has 1 aliphatic rings. The molecule has 11 nitrogen and oxygen atoms in total. The van der Waals surface area contributed by atoms with Crippen LogP contribution in [0.3, 0.4) is 0 Å². The van der Waals surface area contributed by atoms with E-state index in [1.807, 2.05) is 60.7 Å². The average molecular weight is 824 g/mol. The van der Waals surface area contributed by atoms with Gasteiger partial charge >= 0.3 is 12.1 Å². The van der Waals surface area contributed by atoms with Crippen LogP contribution in [-0.2, 0) is 25.7 Å². The summed E-state index contributed by atoms with van der Waals surface area (Å²) < 4.78 is 12.1. The molecule has 1 fully saturated rings. The number of esters is 1. The van der Waals surface area contributed by atoms with E-state index in [4.69, 9.17) is 9.47 Å². The molecule has 6 atom stereocenters. The molecule has 5 aromatic rings. The Bertz CT molecular complexity index is 2130. The van der Waals surface area contributed by atoms with Gasteiger partial charge in [-0.1, -0.05) is 67.8 Å². The van der Waals surface area contributed by atoms with E-state index in [9.17, 15) is 29.7 Å². The Kier molecular flexibility index (Phi) is 15.1. The van der Waals surface area contributed by atoms with Crippen molar-refractivity contribution in [2.75, 3.05) is 11.9 Å². The number of benzene rings is 3. The molecule has 0 spiro atoms. The van der Waals surface area contributed by atoms with Gasteiger partial charge in [-0.2, -0.15) is 0 Å². The molecule has 3 unspecified atom stereocenters. The minimum atomic E-state index is -0.731. The fourth-order valence-electron chi connectivity index (χ4n) is 7.98. The predicted octanol–water partition coefficient (Wildman–Crippen LogP) is 8.95. The molecule has 3 aromatic carbocycles. The molecule has 0 bridgehead atoms. The highest BCUT2D eigenvalue weighted by Gasteiger charge is 2.41. The van der Waals surface area contributed by atoms with E-state index in [1.54, 1.807) is 56.6 Å². The number of pyridine rings is 1. The molecule has 0 radical (unpaired) electrons. The van der Waals surface area contributed by atoms with Crippen molar-refractivity contribution in [3.63, 3.8) is 0 Å². The van der Waals surface area contributed by atoms with E-state index in [1.165, 1.54) is 0 Å². The maximum absolute atomic E-state index is 13.6. The normalized spacial score (nSPS) is 19.0. The van der Waals surface area contributed by atoms with Crippen molar-refractivity contribution >= 4 is 55.9 Å². The summed E-state index contributed by atoms with van der Waals surface area (Å²) in [4.78, 5) is 43.8. The number of carbonyl (C=O) groups excluding carboxylic acids is 3. The predicted molar refractivity (Wildman–Crippen MR) is 231 cm³/mol. The number of ether oxygens (including phenoxy) is 2. The zero-order valence-corrected chi connectivity index (χ0v) is 35.0. The standard InChI is InChI=1S/C47H57N3O8S/c1-47(2,3)58-46(56)49-28-38(45(55)50-35-19-18-34-27-48-23-22-32(34)24-35)31-16-14-30(15-17-31)29-57-44(54)13-7-5-4-6-11-36-37(41(53)26-40(36)52)20-21-39(51)43-25-33-10-8-9-12-42(33)59-43/h8-10,12,14-19,22-25,27,36-41,51-53H,4-7,11,13,20-21,26,28-29H2,1-3H3,(H,49,56)(H,50,55)/t36?,37-,38?,39?,40+,41-/m1/s1. The van der Waals surface area contributed by atoms with Gasteiger partial charge in [-0.05, 0) is 117 Å². The third-order valence-corrected chi connectivity index (χ3v) is 12.3. The fourth-order valence-corrected chi connectivity index (χ4v) is 9.06.